The SMILES string of the molecule is CC[C@H](C)N(C(=O)S)[C@@H]1O[C@@H](n2ccc(NO)nc2=O)[C@H](O)[C@@H]1O. The third-order valence-electron chi connectivity index (χ3n) is 3.99. The van der Waals surface area contributed by atoms with Gasteiger partial charge in [0, 0.05) is 12.2 Å². The van der Waals surface area contributed by atoms with Gasteiger partial charge in [-0.05, 0) is 19.4 Å². The molecule has 0 bridgehead atoms. The topological polar surface area (TPSA) is 137 Å². The fourth-order valence-electron chi connectivity index (χ4n) is 2.51. The van der Waals surface area contributed by atoms with Crippen molar-refractivity contribution >= 4 is 23.7 Å². The van der Waals surface area contributed by atoms with Crippen LogP contribution in [0.2, 0.25) is 0 Å². The van der Waals surface area contributed by atoms with E-state index in [1.807, 2.05) is 6.92 Å². The highest BCUT2D eigenvalue weighted by Crippen LogP contribution is 2.32. The van der Waals surface area contributed by atoms with Crippen molar-refractivity contribution < 1.29 is 25.0 Å². The molecular formula is C13H20N4O6S. The van der Waals surface area contributed by atoms with E-state index < -0.39 is 35.6 Å². The van der Waals surface area contributed by atoms with E-state index in [9.17, 15) is 19.8 Å². The Morgan fingerprint density at radius 3 is 2.71 bits per heavy atom. The number of hydrogen-bond acceptors (Lipinski definition) is 8. The normalized spacial score (nSPS) is 27.8. The molecule has 4 N–H and O–H groups in total. The van der Waals surface area contributed by atoms with E-state index in [-0.39, 0.29) is 11.9 Å². The number of aromatic nitrogens is 2. The van der Waals surface area contributed by atoms with Gasteiger partial charge in [-0.15, -0.1) is 0 Å². The first-order valence-corrected chi connectivity index (χ1v) is 7.78. The van der Waals surface area contributed by atoms with Gasteiger partial charge in [0.15, 0.2) is 18.3 Å². The third kappa shape index (κ3) is 3.39. The average Bonchev–Trinajstić information content (AvgIpc) is 2.83. The summed E-state index contributed by atoms with van der Waals surface area (Å²) in [4.78, 5) is 28.5. The molecule has 0 saturated carbocycles. The summed E-state index contributed by atoms with van der Waals surface area (Å²) in [6.07, 6.45) is -3.46. The number of rotatable bonds is 5. The molecule has 1 aromatic rings. The Balaban J connectivity index is 2.33. The molecule has 0 unspecified atom stereocenters. The van der Waals surface area contributed by atoms with Crippen molar-refractivity contribution in [2.24, 2.45) is 0 Å². The molecule has 0 radical (unpaired) electrons. The van der Waals surface area contributed by atoms with E-state index in [0.717, 1.165) is 4.57 Å². The van der Waals surface area contributed by atoms with Crippen molar-refractivity contribution in [2.75, 3.05) is 5.48 Å². The van der Waals surface area contributed by atoms with Crippen molar-refractivity contribution in [1.82, 2.24) is 14.5 Å². The summed E-state index contributed by atoms with van der Waals surface area (Å²) in [6.45, 7) is 3.60. The van der Waals surface area contributed by atoms with Crippen molar-refractivity contribution in [2.45, 2.75) is 51.0 Å². The highest BCUT2D eigenvalue weighted by atomic mass is 32.1. The van der Waals surface area contributed by atoms with Crippen LogP contribution in [0.25, 0.3) is 0 Å². The highest BCUT2D eigenvalue weighted by Gasteiger charge is 2.48. The van der Waals surface area contributed by atoms with Crippen molar-refractivity contribution in [3.05, 3.63) is 22.7 Å². The minimum Gasteiger partial charge on any atom is -0.385 e. The number of ether oxygens (including phenoxy) is 1. The largest absolute Gasteiger partial charge is 0.385 e. The van der Waals surface area contributed by atoms with Crippen molar-refractivity contribution in [3.63, 3.8) is 0 Å². The monoisotopic (exact) mass is 360 g/mol. The Kier molecular flexibility index (Phi) is 5.83. The predicted octanol–water partition coefficient (Wildman–Crippen LogP) is -0.229. The van der Waals surface area contributed by atoms with Crippen LogP contribution in [0.1, 0.15) is 26.5 Å². The number of nitrogens with one attached hydrogen (secondary N) is 1. The predicted molar refractivity (Wildman–Crippen MR) is 85.8 cm³/mol. The maximum atomic E-state index is 12.0. The lowest BCUT2D eigenvalue weighted by Gasteiger charge is -2.33. The number of anilines is 1. The van der Waals surface area contributed by atoms with Crippen molar-refractivity contribution in [1.29, 1.82) is 0 Å². The Morgan fingerprint density at radius 2 is 2.21 bits per heavy atom. The van der Waals surface area contributed by atoms with E-state index in [1.54, 1.807) is 12.4 Å². The first kappa shape index (κ1) is 18.7. The number of amides is 1. The van der Waals surface area contributed by atoms with Crippen LogP contribution in [0.5, 0.6) is 0 Å². The molecule has 2 rings (SSSR count). The van der Waals surface area contributed by atoms with Crippen molar-refractivity contribution in [3.8, 4) is 0 Å². The molecule has 10 nitrogen and oxygen atoms in total. The summed E-state index contributed by atoms with van der Waals surface area (Å²) >= 11 is 3.79. The molecule has 134 valence electrons. The molecule has 1 aromatic heterocycles. The van der Waals surface area contributed by atoms with Crippen LogP contribution in [-0.2, 0) is 4.74 Å². The second kappa shape index (κ2) is 7.49. The van der Waals surface area contributed by atoms with Crippen LogP contribution < -0.4 is 11.2 Å². The molecule has 1 fully saturated rings. The zero-order valence-corrected chi connectivity index (χ0v) is 14.0. The first-order chi connectivity index (χ1) is 11.3. The van der Waals surface area contributed by atoms with Gasteiger partial charge in [0.2, 0.25) is 0 Å². The van der Waals surface area contributed by atoms with Gasteiger partial charge in [0.25, 0.3) is 5.24 Å². The first-order valence-electron chi connectivity index (χ1n) is 7.34. The minimum absolute atomic E-state index is 0.0763. The Labute approximate surface area is 143 Å². The van der Waals surface area contributed by atoms with Crippen LogP contribution in [0.3, 0.4) is 0 Å². The van der Waals surface area contributed by atoms with E-state index in [4.69, 9.17) is 9.94 Å². The zero-order chi connectivity index (χ0) is 18.0. The molecule has 24 heavy (non-hydrogen) atoms. The lowest BCUT2D eigenvalue weighted by Crippen LogP contribution is -2.49. The number of carbonyl (C=O) groups is 1. The Morgan fingerprint density at radius 1 is 1.54 bits per heavy atom. The number of carbonyl (C=O) groups excluding carboxylic acids is 1. The smallest absolute Gasteiger partial charge is 0.351 e. The molecule has 1 aliphatic rings. The second-order valence-corrected chi connectivity index (χ2v) is 5.84. The molecule has 0 aliphatic carbocycles. The second-order valence-electron chi connectivity index (χ2n) is 5.46. The quantitative estimate of drug-likeness (QED) is 0.359. The summed E-state index contributed by atoms with van der Waals surface area (Å²) in [5.74, 6) is -0.0763. The van der Waals surface area contributed by atoms with Gasteiger partial charge in [0.05, 0.1) is 0 Å². The maximum Gasteiger partial charge on any atom is 0.351 e. The number of thiol groups is 1. The van der Waals surface area contributed by atoms with Crippen LogP contribution >= 0.6 is 12.6 Å². The zero-order valence-electron chi connectivity index (χ0n) is 13.1. The molecule has 11 heteroatoms. The fraction of sp³-hybridized carbons (Fsp3) is 0.615. The molecular weight excluding hydrogens is 340 g/mol. The van der Waals surface area contributed by atoms with Crippen LogP contribution in [0, 0.1) is 0 Å². The number of aliphatic hydroxyl groups is 2. The maximum absolute atomic E-state index is 12.0. The molecule has 1 saturated heterocycles. The van der Waals surface area contributed by atoms with E-state index in [0.29, 0.717) is 6.42 Å². The van der Waals surface area contributed by atoms with Gasteiger partial charge in [-0.2, -0.15) is 4.98 Å². The molecule has 1 amide bonds. The third-order valence-corrected chi connectivity index (χ3v) is 4.22. The Bertz CT molecular complexity index is 656. The molecule has 1 aliphatic heterocycles. The minimum atomic E-state index is -1.46. The van der Waals surface area contributed by atoms with Gasteiger partial charge < -0.3 is 19.8 Å². The molecule has 0 aromatic carbocycles. The number of hydrogen-bond donors (Lipinski definition) is 5. The van der Waals surface area contributed by atoms with Gasteiger partial charge in [-0.1, -0.05) is 19.6 Å². The molecule has 5 atom stereocenters. The highest BCUT2D eigenvalue weighted by molar-refractivity contribution is 7.96. The lowest BCUT2D eigenvalue weighted by atomic mass is 10.1. The standard InChI is InChI=1S/C13H20N4O6S/c1-3-6(2)17(13(21)24)11-9(19)8(18)10(23-11)16-5-4-7(15-22)14-12(16)20/h4-6,8-11,18-19,22H,3H2,1-2H3,(H,21,24)(H,14,15,20)/t6-,8+,9-,10+,11+/m0/s1. The number of aliphatic hydroxyl groups excluding tert-OH is 2. The van der Waals surface area contributed by atoms with Gasteiger partial charge >= 0.3 is 5.69 Å². The van der Waals surface area contributed by atoms with Gasteiger partial charge in [-0.3, -0.25) is 20.0 Å². The fourth-order valence-corrected chi connectivity index (χ4v) is 2.83. The summed E-state index contributed by atoms with van der Waals surface area (Å²) in [6, 6.07) is 0.990. The summed E-state index contributed by atoms with van der Waals surface area (Å²) < 4.78 is 6.53. The van der Waals surface area contributed by atoms with E-state index in [1.165, 1.54) is 17.2 Å². The number of nitrogens with zero attached hydrogens (tertiary/aromatic N) is 3. The summed E-state index contributed by atoms with van der Waals surface area (Å²) in [7, 11) is 0. The van der Waals surface area contributed by atoms with Gasteiger partial charge in [-0.25, -0.2) is 4.79 Å². The van der Waals surface area contributed by atoms with Crippen LogP contribution in [0.15, 0.2) is 17.1 Å². The Hall–Kier alpha value is -1.66. The summed E-state index contributed by atoms with van der Waals surface area (Å²) in [5.41, 5.74) is 0.923. The molecule has 0 spiro atoms. The van der Waals surface area contributed by atoms with Crippen LogP contribution in [0.4, 0.5) is 10.6 Å². The summed E-state index contributed by atoms with van der Waals surface area (Å²) in [5, 5.41) is 28.6. The van der Waals surface area contributed by atoms with E-state index >= 15 is 0 Å². The lowest BCUT2D eigenvalue weighted by molar-refractivity contribution is -0.0976. The van der Waals surface area contributed by atoms with Gasteiger partial charge in [0.1, 0.15) is 12.2 Å². The average molecular weight is 360 g/mol. The molecule has 2 heterocycles. The van der Waals surface area contributed by atoms with E-state index in [2.05, 4.69) is 17.6 Å². The van der Waals surface area contributed by atoms with Crippen LogP contribution in [-0.4, -0.2) is 59.6 Å².